The van der Waals surface area contributed by atoms with Crippen LogP contribution in [0.5, 0.6) is 0 Å². The number of carboxylic acids is 3. The molecule has 2 heterocycles. The van der Waals surface area contributed by atoms with Gasteiger partial charge >= 0.3 is 17.9 Å². The maximum absolute atomic E-state index is 15.5. The second-order valence-corrected chi connectivity index (χ2v) is 7.65. The number of rotatable bonds is 7. The number of aliphatic carboxylic acids is 2. The van der Waals surface area contributed by atoms with E-state index in [0.717, 1.165) is 17.2 Å². The minimum absolute atomic E-state index is 0.0549. The minimum Gasteiger partial charge on any atom is -0.478 e. The Morgan fingerprint density at radius 1 is 1.15 bits per heavy atom. The normalized spacial score (nSPS) is 16.1. The molecule has 0 radical (unpaired) electrons. The van der Waals surface area contributed by atoms with Crippen LogP contribution in [-0.4, -0.2) is 49.2 Å². The fourth-order valence-electron chi connectivity index (χ4n) is 3.74. The summed E-state index contributed by atoms with van der Waals surface area (Å²) < 4.78 is 31.6. The van der Waals surface area contributed by atoms with E-state index in [1.165, 1.54) is 10.8 Å². The molecular formula is C21H17F2N3O7. The lowest BCUT2D eigenvalue weighted by molar-refractivity contribution is -0.136. The summed E-state index contributed by atoms with van der Waals surface area (Å²) in [6.45, 7) is 0.0549. The number of halogens is 2. The van der Waals surface area contributed by atoms with Crippen molar-refractivity contribution >= 4 is 34.5 Å². The molecule has 1 aromatic heterocycles. The Morgan fingerprint density at radius 3 is 2.42 bits per heavy atom. The number of nitrogens with one attached hydrogen (secondary N) is 1. The van der Waals surface area contributed by atoms with Gasteiger partial charge in [-0.15, -0.1) is 0 Å². The number of aromatic carboxylic acids is 1. The van der Waals surface area contributed by atoms with Crippen molar-refractivity contribution < 1.29 is 38.5 Å². The zero-order valence-corrected chi connectivity index (χ0v) is 16.8. The molecule has 0 saturated heterocycles. The number of carboxylic acid groups (broad SMARTS) is 3. The highest BCUT2D eigenvalue weighted by atomic mass is 19.1. The first-order valence-electron chi connectivity index (χ1n) is 9.81. The molecule has 1 aromatic carbocycles. The smallest absolute Gasteiger partial charge is 0.352 e. The van der Waals surface area contributed by atoms with Gasteiger partial charge in [0, 0.05) is 37.1 Å². The summed E-state index contributed by atoms with van der Waals surface area (Å²) in [7, 11) is 0. The van der Waals surface area contributed by atoms with E-state index >= 15 is 4.39 Å². The number of pyridine rings is 1. The second-order valence-electron chi connectivity index (χ2n) is 7.65. The van der Waals surface area contributed by atoms with Crippen LogP contribution in [0.15, 0.2) is 40.7 Å². The zero-order chi connectivity index (χ0) is 24.0. The van der Waals surface area contributed by atoms with Gasteiger partial charge in [0.05, 0.1) is 17.0 Å². The van der Waals surface area contributed by atoms with Crippen molar-refractivity contribution in [3.05, 3.63) is 63.4 Å². The van der Waals surface area contributed by atoms with Crippen LogP contribution in [0.4, 0.5) is 14.5 Å². The molecule has 12 heteroatoms. The van der Waals surface area contributed by atoms with Crippen LogP contribution in [0, 0.1) is 11.6 Å². The quantitative estimate of drug-likeness (QED) is 0.456. The average Bonchev–Trinajstić information content (AvgIpc) is 3.47. The lowest BCUT2D eigenvalue weighted by Gasteiger charge is -2.16. The number of anilines is 1. The average molecular weight is 461 g/mol. The highest BCUT2D eigenvalue weighted by molar-refractivity contribution is 5.95. The standard InChI is InChI=1S/C21H17F2N3O7/c22-13-5-11-18(26(10-1-2-10)8-12(19(11)29)20(30)31)16(23)17(13)24-9-3-4-25(7-9)14(21(32)33)6-15(27)28/h5-8,10,24H,1-4H2,(H,27,28)(H,30,31)(H,32,33)/b14-6+. The molecule has 0 spiro atoms. The number of hydrogen-bond donors (Lipinski definition) is 4. The van der Waals surface area contributed by atoms with E-state index in [4.69, 9.17) is 5.11 Å². The van der Waals surface area contributed by atoms with Gasteiger partial charge in [-0.1, -0.05) is 0 Å². The Hall–Kier alpha value is -4.22. The third-order valence-electron chi connectivity index (χ3n) is 5.39. The van der Waals surface area contributed by atoms with Gasteiger partial charge in [0.15, 0.2) is 11.6 Å². The molecule has 4 N–H and O–H groups in total. The lowest BCUT2D eigenvalue weighted by Crippen LogP contribution is -2.21. The topological polar surface area (TPSA) is 149 Å². The molecular weight excluding hydrogens is 444 g/mol. The number of benzene rings is 1. The largest absolute Gasteiger partial charge is 0.478 e. The molecule has 1 saturated carbocycles. The van der Waals surface area contributed by atoms with Crippen molar-refractivity contribution in [1.82, 2.24) is 9.47 Å². The van der Waals surface area contributed by atoms with E-state index in [1.54, 1.807) is 0 Å². The van der Waals surface area contributed by atoms with E-state index in [9.17, 15) is 33.8 Å². The van der Waals surface area contributed by atoms with Crippen LogP contribution in [0.1, 0.15) is 35.7 Å². The highest BCUT2D eigenvalue weighted by Gasteiger charge is 2.30. The summed E-state index contributed by atoms with van der Waals surface area (Å²) in [5.41, 5.74) is -2.73. The Balaban J connectivity index is 1.78. The van der Waals surface area contributed by atoms with E-state index < -0.39 is 57.3 Å². The first-order chi connectivity index (χ1) is 15.6. The van der Waals surface area contributed by atoms with E-state index in [1.807, 2.05) is 0 Å². The van der Waals surface area contributed by atoms with Crippen LogP contribution < -0.4 is 10.7 Å². The first-order valence-corrected chi connectivity index (χ1v) is 9.81. The Morgan fingerprint density at radius 2 is 1.85 bits per heavy atom. The van der Waals surface area contributed by atoms with Gasteiger partial charge in [-0.3, -0.25) is 4.79 Å². The monoisotopic (exact) mass is 461 g/mol. The summed E-state index contributed by atoms with van der Waals surface area (Å²) in [6, 6.07) is 0.550. The molecule has 0 bridgehead atoms. The highest BCUT2D eigenvalue weighted by Crippen LogP contribution is 2.39. The van der Waals surface area contributed by atoms with Gasteiger partial charge < -0.3 is 30.1 Å². The lowest BCUT2D eigenvalue weighted by atomic mass is 10.1. The number of hydrogen-bond acceptors (Lipinski definition) is 6. The summed E-state index contributed by atoms with van der Waals surface area (Å²) in [6.07, 6.45) is 4.21. The van der Waals surface area contributed by atoms with Crippen LogP contribution in [-0.2, 0) is 9.59 Å². The number of aromatic nitrogens is 1. The maximum Gasteiger partial charge on any atom is 0.352 e. The summed E-state index contributed by atoms with van der Waals surface area (Å²) in [5.74, 6) is -6.68. The molecule has 33 heavy (non-hydrogen) atoms. The molecule has 2 aliphatic rings. The van der Waals surface area contributed by atoms with Crippen LogP contribution >= 0.6 is 0 Å². The minimum atomic E-state index is -1.50. The number of fused-ring (bicyclic) bond motifs is 1. The summed E-state index contributed by atoms with van der Waals surface area (Å²) in [5, 5.41) is 29.5. The van der Waals surface area contributed by atoms with E-state index in [2.05, 4.69) is 5.32 Å². The predicted octanol–water partition coefficient (Wildman–Crippen LogP) is 2.32. The van der Waals surface area contributed by atoms with Crippen molar-refractivity contribution in [1.29, 1.82) is 0 Å². The SMILES string of the molecule is O=C(O)/C=C(\C(=O)O)N1C=C(Nc2c(F)cc3c(=O)c(C(=O)O)cn(C4CC4)c3c2F)CC1. The third-order valence-corrected chi connectivity index (χ3v) is 5.39. The van der Waals surface area contributed by atoms with Crippen molar-refractivity contribution in [2.24, 2.45) is 0 Å². The molecule has 1 fully saturated rings. The molecule has 0 unspecified atom stereocenters. The first kappa shape index (κ1) is 22.0. The summed E-state index contributed by atoms with van der Waals surface area (Å²) in [4.78, 5) is 47.3. The Labute approximate surface area is 183 Å². The summed E-state index contributed by atoms with van der Waals surface area (Å²) >= 11 is 0. The van der Waals surface area contributed by atoms with Crippen molar-refractivity contribution in [3.8, 4) is 0 Å². The van der Waals surface area contributed by atoms with Crippen molar-refractivity contribution in [2.45, 2.75) is 25.3 Å². The van der Waals surface area contributed by atoms with E-state index in [0.29, 0.717) is 18.9 Å². The maximum atomic E-state index is 15.5. The van der Waals surface area contributed by atoms with Gasteiger partial charge in [0.2, 0.25) is 5.43 Å². The van der Waals surface area contributed by atoms with Crippen molar-refractivity contribution in [3.63, 3.8) is 0 Å². The van der Waals surface area contributed by atoms with Crippen LogP contribution in [0.25, 0.3) is 10.9 Å². The molecule has 1 aliphatic heterocycles. The van der Waals surface area contributed by atoms with E-state index in [-0.39, 0.29) is 30.2 Å². The molecule has 4 rings (SSSR count). The zero-order valence-electron chi connectivity index (χ0n) is 16.8. The molecule has 0 atom stereocenters. The van der Waals surface area contributed by atoms with Gasteiger partial charge in [-0.25, -0.2) is 23.2 Å². The molecule has 1 aliphatic carbocycles. The predicted molar refractivity (Wildman–Crippen MR) is 110 cm³/mol. The van der Waals surface area contributed by atoms with Gasteiger partial charge in [-0.2, -0.15) is 0 Å². The number of carbonyl (C=O) groups is 3. The molecule has 2 aromatic rings. The third kappa shape index (κ3) is 4.02. The van der Waals surface area contributed by atoms with Crippen LogP contribution in [0.3, 0.4) is 0 Å². The van der Waals surface area contributed by atoms with Crippen molar-refractivity contribution in [2.75, 3.05) is 11.9 Å². The van der Waals surface area contributed by atoms with Gasteiger partial charge in [0.1, 0.15) is 16.9 Å². The van der Waals surface area contributed by atoms with Gasteiger partial charge in [0.25, 0.3) is 0 Å². The van der Waals surface area contributed by atoms with Gasteiger partial charge in [-0.05, 0) is 18.9 Å². The molecule has 0 amide bonds. The second kappa shape index (κ2) is 8.04. The van der Waals surface area contributed by atoms with Crippen LogP contribution in [0.2, 0.25) is 0 Å². The fraction of sp³-hybridized carbons (Fsp3) is 0.238. The Bertz CT molecular complexity index is 1340. The Kier molecular flexibility index (Phi) is 5.36. The molecule has 172 valence electrons. The molecule has 10 nitrogen and oxygen atoms in total. The fourth-order valence-corrected chi connectivity index (χ4v) is 3.74. The number of nitrogens with zero attached hydrogens (tertiary/aromatic N) is 2.